The number of pyridine rings is 1. The van der Waals surface area contributed by atoms with Gasteiger partial charge in [0.25, 0.3) is 5.56 Å². The maximum Gasteiger partial charge on any atom is 0.361 e. The van der Waals surface area contributed by atoms with Gasteiger partial charge in [0.15, 0.2) is 0 Å². The number of fused-ring (bicyclic) bond motifs is 1. The van der Waals surface area contributed by atoms with Gasteiger partial charge in [-0.05, 0) is 29.1 Å². The molecule has 3 rings (SSSR count). The Morgan fingerprint density at radius 1 is 1.05 bits per heavy atom. The van der Waals surface area contributed by atoms with Gasteiger partial charge in [-0.25, -0.2) is 0 Å². The molecule has 3 N–H and O–H groups in total. The van der Waals surface area contributed by atoms with Crippen molar-refractivity contribution in [2.24, 2.45) is 0 Å². The number of rotatable bonds is 2. The second-order valence-corrected chi connectivity index (χ2v) is 6.79. The summed E-state index contributed by atoms with van der Waals surface area (Å²) in [6, 6.07) is 13.8. The van der Waals surface area contributed by atoms with E-state index in [9.17, 15) is 19.1 Å². The molecule has 1 aromatic heterocycles. The molecule has 3 aromatic rings. The number of halogens is 1. The lowest BCUT2D eigenvalue weighted by atomic mass is 10.0. The average Bonchev–Trinajstić information content (AvgIpc) is 2.45. The first-order chi connectivity index (χ1) is 10.4. The molecule has 0 saturated carbocycles. The van der Waals surface area contributed by atoms with Gasteiger partial charge in [0.1, 0.15) is 5.30 Å². The van der Waals surface area contributed by atoms with Crippen molar-refractivity contribution < 1.29 is 14.4 Å². The van der Waals surface area contributed by atoms with Crippen molar-refractivity contribution in [3.8, 4) is 11.1 Å². The Morgan fingerprint density at radius 2 is 1.73 bits per heavy atom. The Morgan fingerprint density at radius 3 is 2.36 bits per heavy atom. The van der Waals surface area contributed by atoms with Crippen LogP contribution in [0.5, 0.6) is 0 Å². The highest BCUT2D eigenvalue weighted by atomic mass is 35.5. The normalized spacial score (nSPS) is 11.8. The van der Waals surface area contributed by atoms with Crippen molar-refractivity contribution in [3.63, 3.8) is 0 Å². The minimum Gasteiger partial charge on any atom is -0.321 e. The van der Waals surface area contributed by atoms with Crippen molar-refractivity contribution in [1.82, 2.24) is 4.98 Å². The van der Waals surface area contributed by atoms with Crippen molar-refractivity contribution in [1.29, 1.82) is 0 Å². The van der Waals surface area contributed by atoms with Crippen molar-refractivity contribution in [2.75, 3.05) is 0 Å². The minimum absolute atomic E-state index is 0.423. The van der Waals surface area contributed by atoms with Gasteiger partial charge in [-0.3, -0.25) is 9.36 Å². The van der Waals surface area contributed by atoms with Crippen molar-refractivity contribution >= 4 is 35.4 Å². The van der Waals surface area contributed by atoms with Crippen molar-refractivity contribution in [2.45, 2.75) is 0 Å². The van der Waals surface area contributed by atoms with Crippen LogP contribution in [0.3, 0.4) is 0 Å². The summed E-state index contributed by atoms with van der Waals surface area (Å²) in [7, 11) is -4.64. The van der Waals surface area contributed by atoms with Gasteiger partial charge in [-0.1, -0.05) is 41.9 Å². The zero-order chi connectivity index (χ0) is 15.9. The zero-order valence-electron chi connectivity index (χ0n) is 11.2. The molecule has 1 heterocycles. The van der Waals surface area contributed by atoms with Crippen LogP contribution in [0.2, 0.25) is 5.02 Å². The van der Waals surface area contributed by atoms with Crippen LogP contribution < -0.4 is 10.9 Å². The number of aromatic nitrogens is 1. The van der Waals surface area contributed by atoms with Gasteiger partial charge >= 0.3 is 7.60 Å². The molecule has 0 aliphatic carbocycles. The molecule has 112 valence electrons. The van der Waals surface area contributed by atoms with E-state index < -0.39 is 18.5 Å². The third-order valence-electron chi connectivity index (χ3n) is 3.31. The Bertz CT molecular complexity index is 962. The molecule has 0 aliphatic rings. The number of H-pyrrole nitrogens is 1. The molecule has 2 aromatic carbocycles. The summed E-state index contributed by atoms with van der Waals surface area (Å²) >= 11 is 6.24. The minimum atomic E-state index is -4.64. The van der Waals surface area contributed by atoms with Gasteiger partial charge in [0.2, 0.25) is 0 Å². The summed E-state index contributed by atoms with van der Waals surface area (Å²) in [4.78, 5) is 32.7. The van der Waals surface area contributed by atoms with E-state index in [1.807, 2.05) is 30.3 Å². The first-order valence-corrected chi connectivity index (χ1v) is 8.33. The van der Waals surface area contributed by atoms with Gasteiger partial charge in [0.05, 0.1) is 5.02 Å². The Kier molecular flexibility index (Phi) is 3.67. The second kappa shape index (κ2) is 5.38. The lowest BCUT2D eigenvalue weighted by Crippen LogP contribution is -2.26. The maximum atomic E-state index is 11.8. The molecule has 0 aliphatic heterocycles. The quantitative estimate of drug-likeness (QED) is 0.628. The van der Waals surface area contributed by atoms with Crippen molar-refractivity contribution in [3.05, 3.63) is 63.9 Å². The highest BCUT2D eigenvalue weighted by molar-refractivity contribution is 7.60. The second-order valence-electron chi connectivity index (χ2n) is 4.81. The van der Waals surface area contributed by atoms with Crippen LogP contribution in [0.25, 0.3) is 22.0 Å². The Labute approximate surface area is 130 Å². The first-order valence-electron chi connectivity index (χ1n) is 6.34. The van der Waals surface area contributed by atoms with E-state index in [-0.39, 0.29) is 0 Å². The first kappa shape index (κ1) is 15.0. The molecular formula is C15H11ClNO4P. The summed E-state index contributed by atoms with van der Waals surface area (Å²) in [5, 5.41) is 0.390. The summed E-state index contributed by atoms with van der Waals surface area (Å²) in [6.45, 7) is 0. The molecule has 22 heavy (non-hydrogen) atoms. The predicted molar refractivity (Wildman–Crippen MR) is 86.7 cm³/mol. The van der Waals surface area contributed by atoms with E-state index in [0.29, 0.717) is 15.9 Å². The fourth-order valence-electron chi connectivity index (χ4n) is 2.27. The monoisotopic (exact) mass is 335 g/mol. The SMILES string of the molecule is O=c1[nH]c2cc(Cl)c(-c3ccccc3)cc2cc1P(=O)(O)O. The van der Waals surface area contributed by atoms with E-state index >= 15 is 0 Å². The maximum absolute atomic E-state index is 11.8. The Hall–Kier alpha value is -1.91. The highest BCUT2D eigenvalue weighted by Crippen LogP contribution is 2.34. The van der Waals surface area contributed by atoms with Gasteiger partial charge in [-0.2, -0.15) is 0 Å². The number of aromatic amines is 1. The fraction of sp³-hybridized carbons (Fsp3) is 0. The van der Waals surface area contributed by atoms with Crippen LogP contribution in [-0.2, 0) is 4.57 Å². The number of hydrogen-bond acceptors (Lipinski definition) is 2. The molecule has 0 spiro atoms. The molecular weight excluding hydrogens is 325 g/mol. The molecule has 0 radical (unpaired) electrons. The summed E-state index contributed by atoms with van der Waals surface area (Å²) in [6.07, 6.45) is 0. The standard InChI is InChI=1S/C15H11ClNO4P/c16-12-8-13-10(6-11(12)9-4-2-1-3-5-9)7-14(15(18)17-13)22(19,20)21/h1-8H,(H,17,18)(H2,19,20,21). The third-order valence-corrected chi connectivity index (χ3v) is 4.58. The smallest absolute Gasteiger partial charge is 0.321 e. The number of nitrogens with one attached hydrogen (secondary N) is 1. The molecule has 0 unspecified atom stereocenters. The lowest BCUT2D eigenvalue weighted by molar-refractivity contribution is 0.387. The lowest BCUT2D eigenvalue weighted by Gasteiger charge is -2.09. The zero-order valence-corrected chi connectivity index (χ0v) is 12.8. The number of hydrogen-bond donors (Lipinski definition) is 3. The van der Waals surface area contributed by atoms with Crippen LogP contribution in [0, 0.1) is 0 Å². The van der Waals surface area contributed by atoms with E-state index in [2.05, 4.69) is 4.98 Å². The highest BCUT2D eigenvalue weighted by Gasteiger charge is 2.22. The van der Waals surface area contributed by atoms with E-state index in [4.69, 9.17) is 11.6 Å². The van der Waals surface area contributed by atoms with Crippen LogP contribution >= 0.6 is 19.2 Å². The van der Waals surface area contributed by atoms with Gasteiger partial charge in [0, 0.05) is 11.1 Å². The fourth-order valence-corrected chi connectivity index (χ4v) is 3.17. The van der Waals surface area contributed by atoms with E-state index in [1.165, 1.54) is 6.07 Å². The molecule has 5 nitrogen and oxygen atoms in total. The van der Waals surface area contributed by atoms with Crippen LogP contribution in [0.4, 0.5) is 0 Å². The van der Waals surface area contributed by atoms with Gasteiger partial charge in [-0.15, -0.1) is 0 Å². The average molecular weight is 336 g/mol. The van der Waals surface area contributed by atoms with Gasteiger partial charge < -0.3 is 14.8 Å². The van der Waals surface area contributed by atoms with E-state index in [1.54, 1.807) is 12.1 Å². The van der Waals surface area contributed by atoms with Crippen LogP contribution in [0.15, 0.2) is 53.3 Å². The molecule has 0 bridgehead atoms. The van der Waals surface area contributed by atoms with Crippen LogP contribution in [0.1, 0.15) is 0 Å². The molecule has 0 atom stereocenters. The third kappa shape index (κ3) is 2.72. The molecule has 7 heteroatoms. The largest absolute Gasteiger partial charge is 0.361 e. The summed E-state index contributed by atoms with van der Waals surface area (Å²) < 4.78 is 11.4. The number of benzene rings is 2. The molecule has 0 fully saturated rings. The topological polar surface area (TPSA) is 90.4 Å². The van der Waals surface area contributed by atoms with E-state index in [0.717, 1.165) is 11.1 Å². The Balaban J connectivity index is 2.31. The summed E-state index contributed by atoms with van der Waals surface area (Å²) in [5.41, 5.74) is 1.20. The molecule has 0 amide bonds. The predicted octanol–water partition coefficient (Wildman–Crippen LogP) is 2.65. The van der Waals surface area contributed by atoms with Crippen LogP contribution in [-0.4, -0.2) is 14.8 Å². The summed E-state index contributed by atoms with van der Waals surface area (Å²) in [5.74, 6) is 0. The molecule has 0 saturated heterocycles.